The van der Waals surface area contributed by atoms with Crippen LogP contribution >= 0.6 is 0 Å². The van der Waals surface area contributed by atoms with Gasteiger partial charge in [-0.2, -0.15) is 4.21 Å². The number of rotatable bonds is 5. The molecule has 0 fully saturated rings. The molecule has 0 saturated carbocycles. The van der Waals surface area contributed by atoms with Crippen molar-refractivity contribution in [2.75, 3.05) is 0 Å². The van der Waals surface area contributed by atoms with Crippen molar-refractivity contribution >= 4 is 23.6 Å². The molecule has 112 valence electrons. The first-order chi connectivity index (χ1) is 9.36. The zero-order chi connectivity index (χ0) is 15.5. The number of carbonyl (C=O) groups is 2. The van der Waals surface area contributed by atoms with Crippen LogP contribution in [0.1, 0.15) is 19.4 Å². The van der Waals surface area contributed by atoms with Crippen LogP contribution in [0.15, 0.2) is 30.3 Å². The largest absolute Gasteiger partial charge is 0.346 e. The Labute approximate surface area is 120 Å². The molecule has 1 rings (SSSR count). The van der Waals surface area contributed by atoms with E-state index >= 15 is 0 Å². The highest BCUT2D eigenvalue weighted by Crippen LogP contribution is 2.02. The number of benzene rings is 1. The summed E-state index contributed by atoms with van der Waals surface area (Å²) >= 11 is -2.61. The molecule has 0 saturated heterocycles. The summed E-state index contributed by atoms with van der Waals surface area (Å²) in [5, 5.41) is 2.71. The molecule has 7 heteroatoms. The van der Waals surface area contributed by atoms with Gasteiger partial charge in [-0.3, -0.25) is 13.9 Å². The summed E-state index contributed by atoms with van der Waals surface area (Å²) in [7, 11) is 0. The van der Waals surface area contributed by atoms with Gasteiger partial charge >= 0.3 is 0 Å². The van der Waals surface area contributed by atoms with E-state index in [9.17, 15) is 9.59 Å². The summed E-state index contributed by atoms with van der Waals surface area (Å²) in [4.78, 5) is 22.3. The van der Waals surface area contributed by atoms with E-state index < -0.39 is 17.4 Å². The highest BCUT2D eigenvalue weighted by atomic mass is 32.2. The summed E-state index contributed by atoms with van der Waals surface area (Å²) in [6.45, 7) is 3.81. The first-order valence-corrected chi connectivity index (χ1v) is 7.01. The smallest absolute Gasteiger partial charge is 0.299 e. The SMILES string of the molecule is CC(C)[C@H](C=O)NC(=O)Cc1ccccc1.O=S(O)O. The predicted octanol–water partition coefficient (Wildman–Crippen LogP) is 1.25. The van der Waals surface area contributed by atoms with Gasteiger partial charge in [0.05, 0.1) is 12.5 Å². The zero-order valence-corrected chi connectivity index (χ0v) is 12.2. The zero-order valence-electron chi connectivity index (χ0n) is 11.4. The van der Waals surface area contributed by atoms with Crippen molar-refractivity contribution in [1.29, 1.82) is 0 Å². The van der Waals surface area contributed by atoms with Gasteiger partial charge in [0, 0.05) is 0 Å². The van der Waals surface area contributed by atoms with E-state index in [0.717, 1.165) is 11.8 Å². The van der Waals surface area contributed by atoms with Crippen molar-refractivity contribution in [3.05, 3.63) is 35.9 Å². The van der Waals surface area contributed by atoms with Gasteiger partial charge in [0.15, 0.2) is 0 Å². The molecule has 1 atom stereocenters. The van der Waals surface area contributed by atoms with Crippen molar-refractivity contribution in [2.24, 2.45) is 5.92 Å². The molecule has 0 bridgehead atoms. The maximum absolute atomic E-state index is 11.6. The Morgan fingerprint density at radius 2 is 1.80 bits per heavy atom. The van der Waals surface area contributed by atoms with E-state index in [-0.39, 0.29) is 11.8 Å². The quantitative estimate of drug-likeness (QED) is 0.561. The van der Waals surface area contributed by atoms with E-state index in [1.165, 1.54) is 0 Å². The second kappa shape index (κ2) is 10.2. The number of aldehydes is 1. The van der Waals surface area contributed by atoms with Gasteiger partial charge in [-0.05, 0) is 11.5 Å². The molecule has 6 nitrogen and oxygen atoms in total. The number of carbonyl (C=O) groups excluding carboxylic acids is 2. The van der Waals surface area contributed by atoms with Gasteiger partial charge in [-0.15, -0.1) is 0 Å². The van der Waals surface area contributed by atoms with Gasteiger partial charge in [-0.25, -0.2) is 0 Å². The minimum atomic E-state index is -2.61. The van der Waals surface area contributed by atoms with Gasteiger partial charge < -0.3 is 10.1 Å². The molecule has 0 heterocycles. The van der Waals surface area contributed by atoms with Crippen molar-refractivity contribution in [1.82, 2.24) is 5.32 Å². The second-order valence-corrected chi connectivity index (χ2v) is 4.83. The van der Waals surface area contributed by atoms with Crippen LogP contribution in [0, 0.1) is 5.92 Å². The van der Waals surface area contributed by atoms with E-state index in [2.05, 4.69) is 5.32 Å². The maximum Gasteiger partial charge on any atom is 0.299 e. The van der Waals surface area contributed by atoms with Crippen molar-refractivity contribution in [3.63, 3.8) is 0 Å². The number of hydrogen-bond acceptors (Lipinski definition) is 3. The van der Waals surface area contributed by atoms with Crippen LogP contribution < -0.4 is 5.32 Å². The summed E-state index contributed by atoms with van der Waals surface area (Å²) in [5.41, 5.74) is 0.952. The first-order valence-electron chi connectivity index (χ1n) is 5.95. The van der Waals surface area contributed by atoms with Crippen LogP contribution in [0.25, 0.3) is 0 Å². The molecule has 0 aliphatic rings. The average Bonchev–Trinajstić information content (AvgIpc) is 2.36. The fourth-order valence-electron chi connectivity index (χ4n) is 1.38. The summed E-state index contributed by atoms with van der Waals surface area (Å²) in [6.07, 6.45) is 1.10. The van der Waals surface area contributed by atoms with Crippen molar-refractivity contribution in [2.45, 2.75) is 26.3 Å². The minimum absolute atomic E-state index is 0.114. The minimum Gasteiger partial charge on any atom is -0.346 e. The summed E-state index contributed by atoms with van der Waals surface area (Å²) in [5.74, 6) is 0.00854. The number of hydrogen-bond donors (Lipinski definition) is 3. The van der Waals surface area contributed by atoms with Crippen LogP contribution in [0.3, 0.4) is 0 Å². The molecule has 0 aromatic heterocycles. The Morgan fingerprint density at radius 3 is 2.20 bits per heavy atom. The molecule has 0 spiro atoms. The van der Waals surface area contributed by atoms with Crippen LogP contribution in [0.4, 0.5) is 0 Å². The number of amides is 1. The highest BCUT2D eigenvalue weighted by molar-refractivity contribution is 7.73. The van der Waals surface area contributed by atoms with Gasteiger partial charge in [0.2, 0.25) is 5.91 Å². The molecular weight excluding hydrogens is 282 g/mol. The molecule has 0 aliphatic heterocycles. The van der Waals surface area contributed by atoms with E-state index in [1.54, 1.807) is 0 Å². The van der Waals surface area contributed by atoms with E-state index in [1.807, 2.05) is 44.2 Å². The lowest BCUT2D eigenvalue weighted by molar-refractivity contribution is -0.124. The van der Waals surface area contributed by atoms with Crippen molar-refractivity contribution in [3.8, 4) is 0 Å². The third kappa shape index (κ3) is 9.37. The van der Waals surface area contributed by atoms with Crippen LogP contribution in [0.2, 0.25) is 0 Å². The summed E-state index contributed by atoms with van der Waals surface area (Å²) < 4.78 is 22.8. The Balaban J connectivity index is 0.000000796. The fourth-order valence-corrected chi connectivity index (χ4v) is 1.38. The monoisotopic (exact) mass is 301 g/mol. The topological polar surface area (TPSA) is 104 Å². The lowest BCUT2D eigenvalue weighted by Crippen LogP contribution is -2.40. The summed E-state index contributed by atoms with van der Waals surface area (Å²) in [6, 6.07) is 9.08. The Kier molecular flexibility index (Phi) is 9.44. The lowest BCUT2D eigenvalue weighted by atomic mass is 10.1. The standard InChI is InChI=1S/C13H17NO2.H2O3S/c1-10(2)12(9-15)14-13(16)8-11-6-4-3-5-7-11;1-4(2)3/h3-7,9-10,12H,8H2,1-2H3,(H,14,16);(H2,1,2,3)/t12-;/m0./s1. The first kappa shape index (κ1) is 18.4. The van der Waals surface area contributed by atoms with Crippen LogP contribution in [-0.4, -0.2) is 31.5 Å². The highest BCUT2D eigenvalue weighted by Gasteiger charge is 2.14. The molecule has 1 aromatic carbocycles. The molecule has 1 amide bonds. The molecule has 0 unspecified atom stereocenters. The van der Waals surface area contributed by atoms with Gasteiger partial charge in [0.25, 0.3) is 11.4 Å². The Morgan fingerprint density at radius 1 is 1.30 bits per heavy atom. The van der Waals surface area contributed by atoms with Gasteiger partial charge in [0.1, 0.15) is 6.29 Å². The number of nitrogens with one attached hydrogen (secondary N) is 1. The molecule has 0 radical (unpaired) electrons. The fraction of sp³-hybridized carbons (Fsp3) is 0.385. The van der Waals surface area contributed by atoms with Gasteiger partial charge in [-0.1, -0.05) is 44.2 Å². The Bertz CT molecular complexity index is 432. The molecule has 3 N–H and O–H groups in total. The third-order valence-corrected chi connectivity index (χ3v) is 2.40. The third-order valence-electron chi connectivity index (χ3n) is 2.40. The second-order valence-electron chi connectivity index (χ2n) is 4.37. The van der Waals surface area contributed by atoms with Crippen LogP contribution in [-0.2, 0) is 27.4 Å². The average molecular weight is 301 g/mol. The molecule has 1 aromatic rings. The maximum atomic E-state index is 11.6. The molecule has 0 aliphatic carbocycles. The molecule has 20 heavy (non-hydrogen) atoms. The normalized spacial score (nSPS) is 11.5. The van der Waals surface area contributed by atoms with E-state index in [0.29, 0.717) is 6.42 Å². The Hall–Kier alpha value is -1.57. The lowest BCUT2D eigenvalue weighted by Gasteiger charge is -2.15. The molecular formula is C13H19NO5S. The van der Waals surface area contributed by atoms with E-state index in [4.69, 9.17) is 13.3 Å². The predicted molar refractivity (Wildman–Crippen MR) is 76.4 cm³/mol. The van der Waals surface area contributed by atoms with Crippen molar-refractivity contribution < 1.29 is 22.9 Å². The van der Waals surface area contributed by atoms with Crippen LogP contribution in [0.5, 0.6) is 0 Å².